The van der Waals surface area contributed by atoms with E-state index in [1.165, 1.54) is 32.1 Å². The van der Waals surface area contributed by atoms with Crippen LogP contribution >= 0.6 is 0 Å². The van der Waals surface area contributed by atoms with Gasteiger partial charge in [0.25, 0.3) is 0 Å². The third-order valence-electron chi connectivity index (χ3n) is 5.23. The molecule has 0 aliphatic heterocycles. The third-order valence-corrected chi connectivity index (χ3v) is 5.23. The van der Waals surface area contributed by atoms with Gasteiger partial charge in [0.15, 0.2) is 11.5 Å². The summed E-state index contributed by atoms with van der Waals surface area (Å²) >= 11 is 0. The van der Waals surface area contributed by atoms with Crippen LogP contribution in [-0.4, -0.2) is 12.3 Å². The first-order valence-electron chi connectivity index (χ1n) is 10.9. The molecule has 4 nitrogen and oxygen atoms in total. The maximum atomic E-state index is 11.0. The zero-order chi connectivity index (χ0) is 21.7. The minimum absolute atomic E-state index is 0.421. The molecular formula is C27H31NO3. The van der Waals surface area contributed by atoms with E-state index in [1.807, 2.05) is 60.7 Å². The van der Waals surface area contributed by atoms with Crippen molar-refractivity contribution in [3.05, 3.63) is 95.6 Å². The van der Waals surface area contributed by atoms with E-state index in [2.05, 4.69) is 0 Å². The summed E-state index contributed by atoms with van der Waals surface area (Å²) in [7, 11) is 0. The Labute approximate surface area is 185 Å². The molecule has 0 unspecified atom stereocenters. The van der Waals surface area contributed by atoms with E-state index in [0.29, 0.717) is 36.3 Å². The van der Waals surface area contributed by atoms with Gasteiger partial charge in [0.1, 0.15) is 19.5 Å². The Bertz CT molecular complexity index is 906. The van der Waals surface area contributed by atoms with Gasteiger partial charge in [0.05, 0.1) is 0 Å². The van der Waals surface area contributed by atoms with Crippen LogP contribution < -0.4 is 15.2 Å². The van der Waals surface area contributed by atoms with E-state index in [-0.39, 0.29) is 0 Å². The second kappa shape index (κ2) is 12.6. The highest BCUT2D eigenvalue weighted by atomic mass is 16.5. The molecule has 2 N–H and O–H groups in total. The Morgan fingerprint density at radius 3 is 1.77 bits per heavy atom. The number of ether oxygens (including phenoxy) is 2. The largest absolute Gasteiger partial charge is 0.485 e. The molecule has 0 heterocycles. The summed E-state index contributed by atoms with van der Waals surface area (Å²) in [5.74, 6) is 1.19. The maximum Gasteiger partial charge on any atom is 0.162 e. The van der Waals surface area contributed by atoms with E-state index >= 15 is 0 Å². The number of hydrogen-bond acceptors (Lipinski definition) is 4. The van der Waals surface area contributed by atoms with Crippen molar-refractivity contribution in [2.75, 3.05) is 0 Å². The molecule has 1 aliphatic carbocycles. The molecular weight excluding hydrogens is 386 g/mol. The van der Waals surface area contributed by atoms with Crippen LogP contribution in [0.4, 0.5) is 0 Å². The van der Waals surface area contributed by atoms with Crippen LogP contribution in [0, 0.1) is 0 Å². The topological polar surface area (TPSA) is 61.6 Å². The smallest absolute Gasteiger partial charge is 0.162 e. The van der Waals surface area contributed by atoms with Gasteiger partial charge in [-0.25, -0.2) is 0 Å². The number of carbonyl (C=O) groups excluding carboxylic acids is 1. The molecule has 0 aromatic heterocycles. The quantitative estimate of drug-likeness (QED) is 0.484. The molecule has 3 aromatic rings. The molecule has 162 valence electrons. The van der Waals surface area contributed by atoms with Crippen molar-refractivity contribution in [2.24, 2.45) is 5.73 Å². The van der Waals surface area contributed by atoms with Crippen LogP contribution in [0.15, 0.2) is 78.9 Å². The SMILES string of the molecule is NC1CCCCC1.O=Cc1ccc(OCc2ccccc2)c(OCc2ccccc2)c1. The van der Waals surface area contributed by atoms with Crippen LogP contribution in [0.1, 0.15) is 53.6 Å². The Morgan fingerprint density at radius 2 is 1.29 bits per heavy atom. The average Bonchev–Trinajstić information content (AvgIpc) is 2.84. The second-order valence-corrected chi connectivity index (χ2v) is 7.77. The molecule has 0 saturated heterocycles. The molecule has 0 atom stereocenters. The van der Waals surface area contributed by atoms with Gasteiger partial charge in [0.2, 0.25) is 0 Å². The molecule has 1 aliphatic rings. The van der Waals surface area contributed by atoms with E-state index in [4.69, 9.17) is 15.2 Å². The average molecular weight is 418 g/mol. The molecule has 3 aromatic carbocycles. The van der Waals surface area contributed by atoms with Crippen molar-refractivity contribution in [1.82, 2.24) is 0 Å². The van der Waals surface area contributed by atoms with Crippen LogP contribution in [-0.2, 0) is 13.2 Å². The lowest BCUT2D eigenvalue weighted by Gasteiger charge is -2.15. The molecule has 4 heteroatoms. The zero-order valence-corrected chi connectivity index (χ0v) is 17.9. The van der Waals surface area contributed by atoms with Crippen molar-refractivity contribution >= 4 is 6.29 Å². The number of carbonyl (C=O) groups is 1. The minimum Gasteiger partial charge on any atom is -0.485 e. The van der Waals surface area contributed by atoms with Gasteiger partial charge >= 0.3 is 0 Å². The van der Waals surface area contributed by atoms with E-state index in [9.17, 15) is 4.79 Å². The summed E-state index contributed by atoms with van der Waals surface area (Å²) in [6, 6.07) is 25.5. The normalized spacial score (nSPS) is 13.6. The zero-order valence-electron chi connectivity index (χ0n) is 17.9. The first kappa shape index (κ1) is 22.6. The van der Waals surface area contributed by atoms with E-state index < -0.39 is 0 Å². The number of rotatable bonds is 7. The number of aldehydes is 1. The number of benzene rings is 3. The molecule has 31 heavy (non-hydrogen) atoms. The Kier molecular flexibility index (Phi) is 9.14. The Hall–Kier alpha value is -3.11. The Morgan fingerprint density at radius 1 is 0.742 bits per heavy atom. The van der Waals surface area contributed by atoms with Gasteiger partial charge in [-0.3, -0.25) is 4.79 Å². The highest BCUT2D eigenvalue weighted by molar-refractivity contribution is 5.76. The summed E-state index contributed by atoms with van der Waals surface area (Å²) in [6.45, 7) is 0.869. The molecule has 0 bridgehead atoms. The first-order chi connectivity index (χ1) is 15.2. The van der Waals surface area contributed by atoms with Crippen molar-refractivity contribution in [3.63, 3.8) is 0 Å². The summed E-state index contributed by atoms with van der Waals surface area (Å²) in [5, 5.41) is 0. The third kappa shape index (κ3) is 7.91. The highest BCUT2D eigenvalue weighted by Gasteiger charge is 2.08. The lowest BCUT2D eigenvalue weighted by atomic mass is 9.97. The van der Waals surface area contributed by atoms with Crippen molar-refractivity contribution < 1.29 is 14.3 Å². The molecule has 1 fully saturated rings. The number of nitrogens with two attached hydrogens (primary N) is 1. The van der Waals surface area contributed by atoms with E-state index in [0.717, 1.165) is 17.4 Å². The van der Waals surface area contributed by atoms with Gasteiger partial charge in [-0.1, -0.05) is 79.9 Å². The molecule has 0 radical (unpaired) electrons. The molecule has 1 saturated carbocycles. The van der Waals surface area contributed by atoms with Crippen molar-refractivity contribution in [3.8, 4) is 11.5 Å². The summed E-state index contributed by atoms with van der Waals surface area (Å²) < 4.78 is 11.7. The lowest BCUT2D eigenvalue weighted by Crippen LogP contribution is -2.22. The Balaban J connectivity index is 0.000000330. The lowest BCUT2D eigenvalue weighted by molar-refractivity contribution is 0.112. The van der Waals surface area contributed by atoms with E-state index in [1.54, 1.807) is 18.2 Å². The van der Waals surface area contributed by atoms with Crippen LogP contribution in [0.2, 0.25) is 0 Å². The van der Waals surface area contributed by atoms with Crippen molar-refractivity contribution in [1.29, 1.82) is 0 Å². The van der Waals surface area contributed by atoms with Gasteiger partial charge in [0, 0.05) is 11.6 Å². The monoisotopic (exact) mass is 417 g/mol. The standard InChI is InChI=1S/C21H18O3.C6H13N/c22-14-19-11-12-20(23-15-17-7-3-1-4-8-17)21(13-19)24-16-18-9-5-2-6-10-18;7-6-4-2-1-3-5-6/h1-14H,15-16H2;6H,1-5,7H2. The fourth-order valence-electron chi connectivity index (χ4n) is 3.43. The van der Waals surface area contributed by atoms with Gasteiger partial charge < -0.3 is 15.2 Å². The maximum absolute atomic E-state index is 11.0. The van der Waals surface area contributed by atoms with Crippen LogP contribution in [0.5, 0.6) is 11.5 Å². The number of hydrogen-bond donors (Lipinski definition) is 1. The summed E-state index contributed by atoms with van der Waals surface area (Å²) in [4.78, 5) is 11.0. The van der Waals surface area contributed by atoms with Crippen molar-refractivity contribution in [2.45, 2.75) is 51.4 Å². The predicted molar refractivity (Wildman–Crippen MR) is 124 cm³/mol. The molecule has 4 rings (SSSR count). The highest BCUT2D eigenvalue weighted by Crippen LogP contribution is 2.29. The van der Waals surface area contributed by atoms with Gasteiger partial charge in [-0.05, 0) is 42.2 Å². The summed E-state index contributed by atoms with van der Waals surface area (Å²) in [5.41, 5.74) is 8.33. The predicted octanol–water partition coefficient (Wildman–Crippen LogP) is 5.93. The van der Waals surface area contributed by atoms with Crippen LogP contribution in [0.25, 0.3) is 0 Å². The fourth-order valence-corrected chi connectivity index (χ4v) is 3.43. The second-order valence-electron chi connectivity index (χ2n) is 7.77. The van der Waals surface area contributed by atoms with Gasteiger partial charge in [-0.15, -0.1) is 0 Å². The molecule has 0 spiro atoms. The minimum atomic E-state index is 0.421. The first-order valence-corrected chi connectivity index (χ1v) is 10.9. The van der Waals surface area contributed by atoms with Gasteiger partial charge in [-0.2, -0.15) is 0 Å². The summed E-state index contributed by atoms with van der Waals surface area (Å²) in [6.07, 6.45) is 7.46. The van der Waals surface area contributed by atoms with Crippen LogP contribution in [0.3, 0.4) is 0 Å². The molecule has 0 amide bonds. The fraction of sp³-hybridized carbons (Fsp3) is 0.296.